The third-order valence-corrected chi connectivity index (χ3v) is 5.69. The first-order valence-electron chi connectivity index (χ1n) is 9.90. The molecule has 0 spiro atoms. The van der Waals surface area contributed by atoms with Gasteiger partial charge in [-0.05, 0) is 51.5 Å². The molecule has 3 heterocycles. The molecule has 1 unspecified atom stereocenters. The number of piperidine rings is 1. The topological polar surface area (TPSA) is 59.9 Å². The predicted molar refractivity (Wildman–Crippen MR) is 102 cm³/mol. The molecule has 144 valence electrons. The lowest BCUT2D eigenvalue weighted by Gasteiger charge is -2.37. The summed E-state index contributed by atoms with van der Waals surface area (Å²) in [6, 6.07) is 6.61. The SMILES string of the molecule is CN(CC(O)CN1CCCC1=O)C1CCN(CCc2ccccn2)CC1. The summed E-state index contributed by atoms with van der Waals surface area (Å²) < 4.78 is 0. The first-order valence-corrected chi connectivity index (χ1v) is 9.90. The molecule has 26 heavy (non-hydrogen) atoms. The minimum Gasteiger partial charge on any atom is -0.390 e. The molecule has 3 rings (SSSR count). The minimum absolute atomic E-state index is 0.188. The second kappa shape index (κ2) is 9.44. The number of carbonyl (C=O) groups is 1. The number of amides is 1. The number of aromatic nitrogens is 1. The van der Waals surface area contributed by atoms with Gasteiger partial charge < -0.3 is 19.8 Å². The van der Waals surface area contributed by atoms with Crippen molar-refractivity contribution in [3.63, 3.8) is 0 Å². The molecule has 1 aromatic rings. The second-order valence-electron chi connectivity index (χ2n) is 7.68. The van der Waals surface area contributed by atoms with Crippen molar-refractivity contribution >= 4 is 5.91 Å². The molecular formula is C20H32N4O2. The number of pyridine rings is 1. The van der Waals surface area contributed by atoms with Crippen molar-refractivity contribution in [2.75, 3.05) is 46.3 Å². The Balaban J connectivity index is 1.35. The van der Waals surface area contributed by atoms with E-state index in [1.54, 1.807) is 4.90 Å². The van der Waals surface area contributed by atoms with Crippen LogP contribution in [0.2, 0.25) is 0 Å². The number of likely N-dealkylation sites (tertiary alicyclic amines) is 2. The van der Waals surface area contributed by atoms with Gasteiger partial charge in [0.15, 0.2) is 0 Å². The van der Waals surface area contributed by atoms with Gasteiger partial charge in [0.1, 0.15) is 0 Å². The molecule has 1 N–H and O–H groups in total. The van der Waals surface area contributed by atoms with Crippen LogP contribution in [0.15, 0.2) is 24.4 Å². The fourth-order valence-electron chi connectivity index (χ4n) is 4.09. The third kappa shape index (κ3) is 5.50. The normalized spacial score (nSPS) is 20.9. The molecule has 2 saturated heterocycles. The molecule has 1 amide bonds. The van der Waals surface area contributed by atoms with Gasteiger partial charge in [-0.3, -0.25) is 9.78 Å². The Labute approximate surface area is 156 Å². The quantitative estimate of drug-likeness (QED) is 0.750. The molecule has 0 aromatic carbocycles. The summed E-state index contributed by atoms with van der Waals surface area (Å²) in [6.07, 6.45) is 6.24. The highest BCUT2D eigenvalue weighted by Gasteiger charge is 2.26. The zero-order valence-corrected chi connectivity index (χ0v) is 15.9. The summed E-state index contributed by atoms with van der Waals surface area (Å²) in [5.41, 5.74) is 1.16. The molecule has 6 nitrogen and oxygen atoms in total. The van der Waals surface area contributed by atoms with Crippen molar-refractivity contribution in [1.29, 1.82) is 0 Å². The average Bonchev–Trinajstić information content (AvgIpc) is 3.05. The maximum absolute atomic E-state index is 11.7. The summed E-state index contributed by atoms with van der Waals surface area (Å²) in [7, 11) is 2.10. The minimum atomic E-state index is -0.454. The van der Waals surface area contributed by atoms with Gasteiger partial charge in [-0.2, -0.15) is 0 Å². The zero-order valence-electron chi connectivity index (χ0n) is 15.9. The number of rotatable bonds is 8. The highest BCUT2D eigenvalue weighted by atomic mass is 16.3. The highest BCUT2D eigenvalue weighted by Crippen LogP contribution is 2.17. The summed E-state index contributed by atoms with van der Waals surface area (Å²) in [6.45, 7) is 5.18. The van der Waals surface area contributed by atoms with E-state index in [9.17, 15) is 9.90 Å². The van der Waals surface area contributed by atoms with Crippen LogP contribution in [0.5, 0.6) is 0 Å². The van der Waals surface area contributed by atoms with Gasteiger partial charge in [-0.15, -0.1) is 0 Å². The van der Waals surface area contributed by atoms with Crippen LogP contribution in [0, 0.1) is 0 Å². The van der Waals surface area contributed by atoms with Crippen LogP contribution in [0.4, 0.5) is 0 Å². The smallest absolute Gasteiger partial charge is 0.222 e. The van der Waals surface area contributed by atoms with Gasteiger partial charge in [0.2, 0.25) is 5.91 Å². The van der Waals surface area contributed by atoms with E-state index in [4.69, 9.17) is 0 Å². The van der Waals surface area contributed by atoms with Gasteiger partial charge in [0.25, 0.3) is 0 Å². The monoisotopic (exact) mass is 360 g/mol. The number of aliphatic hydroxyl groups excluding tert-OH is 1. The van der Waals surface area contributed by atoms with Crippen LogP contribution in [0.25, 0.3) is 0 Å². The lowest BCUT2D eigenvalue weighted by molar-refractivity contribution is -0.129. The Morgan fingerprint density at radius 1 is 1.31 bits per heavy atom. The summed E-state index contributed by atoms with van der Waals surface area (Å²) in [5, 5.41) is 10.3. The number of aliphatic hydroxyl groups is 1. The van der Waals surface area contributed by atoms with Crippen LogP contribution in [-0.2, 0) is 11.2 Å². The van der Waals surface area contributed by atoms with Crippen LogP contribution in [-0.4, -0.2) is 89.2 Å². The third-order valence-electron chi connectivity index (χ3n) is 5.69. The number of nitrogens with zero attached hydrogens (tertiary/aromatic N) is 4. The van der Waals surface area contributed by atoms with Crippen molar-refractivity contribution < 1.29 is 9.90 Å². The van der Waals surface area contributed by atoms with Crippen LogP contribution in [0.1, 0.15) is 31.4 Å². The molecule has 0 bridgehead atoms. The predicted octanol–water partition coefficient (Wildman–Crippen LogP) is 1.00. The van der Waals surface area contributed by atoms with Gasteiger partial charge in [0.05, 0.1) is 6.10 Å². The van der Waals surface area contributed by atoms with Crippen LogP contribution < -0.4 is 0 Å². The first-order chi connectivity index (χ1) is 12.6. The standard InChI is InChI=1S/C20H32N4O2/c1-22(15-19(25)16-24-11-4-6-20(24)26)18-8-13-23(14-9-18)12-7-17-5-2-3-10-21-17/h2-3,5,10,18-19,25H,4,6-9,11-16H2,1H3. The summed E-state index contributed by atoms with van der Waals surface area (Å²) in [4.78, 5) is 22.7. The lowest BCUT2D eigenvalue weighted by atomic mass is 10.0. The second-order valence-corrected chi connectivity index (χ2v) is 7.68. The fourth-order valence-corrected chi connectivity index (χ4v) is 4.09. The van der Waals surface area contributed by atoms with E-state index in [2.05, 4.69) is 27.9 Å². The van der Waals surface area contributed by atoms with E-state index in [1.807, 2.05) is 18.3 Å². The van der Waals surface area contributed by atoms with E-state index < -0.39 is 6.10 Å². The molecule has 1 aromatic heterocycles. The maximum Gasteiger partial charge on any atom is 0.222 e. The zero-order chi connectivity index (χ0) is 18.4. The molecule has 6 heteroatoms. The van der Waals surface area contributed by atoms with Gasteiger partial charge in [-0.25, -0.2) is 0 Å². The maximum atomic E-state index is 11.7. The Morgan fingerprint density at radius 2 is 2.12 bits per heavy atom. The number of hydrogen-bond donors (Lipinski definition) is 1. The molecule has 2 aliphatic heterocycles. The number of β-amino-alcohol motifs (C(OH)–C–C–N with tert-alkyl or cyclic N) is 1. The number of hydrogen-bond acceptors (Lipinski definition) is 5. The Morgan fingerprint density at radius 3 is 2.77 bits per heavy atom. The molecule has 2 aliphatic rings. The van der Waals surface area contributed by atoms with Crippen LogP contribution in [0.3, 0.4) is 0 Å². The van der Waals surface area contributed by atoms with E-state index >= 15 is 0 Å². The van der Waals surface area contributed by atoms with E-state index in [1.165, 1.54) is 0 Å². The van der Waals surface area contributed by atoms with Gasteiger partial charge in [-0.1, -0.05) is 6.07 Å². The molecule has 0 radical (unpaired) electrons. The van der Waals surface area contributed by atoms with Gasteiger partial charge in [0, 0.05) is 57.0 Å². The van der Waals surface area contributed by atoms with Crippen molar-refractivity contribution in [2.24, 2.45) is 0 Å². The Hall–Kier alpha value is -1.50. The van der Waals surface area contributed by atoms with Crippen molar-refractivity contribution in [3.8, 4) is 0 Å². The molecule has 0 saturated carbocycles. The molecule has 2 fully saturated rings. The average molecular weight is 361 g/mol. The van der Waals surface area contributed by atoms with E-state index in [0.717, 1.165) is 57.6 Å². The first kappa shape index (κ1) is 19.3. The van der Waals surface area contributed by atoms with Crippen molar-refractivity contribution in [1.82, 2.24) is 19.7 Å². The van der Waals surface area contributed by atoms with Gasteiger partial charge >= 0.3 is 0 Å². The van der Waals surface area contributed by atoms with E-state index in [0.29, 0.717) is 25.6 Å². The Bertz CT molecular complexity index is 560. The fraction of sp³-hybridized carbons (Fsp3) is 0.700. The molecule has 0 aliphatic carbocycles. The van der Waals surface area contributed by atoms with Crippen LogP contribution >= 0.6 is 0 Å². The number of carbonyl (C=O) groups excluding carboxylic acids is 1. The van der Waals surface area contributed by atoms with E-state index in [-0.39, 0.29) is 5.91 Å². The van der Waals surface area contributed by atoms with Crippen molar-refractivity contribution in [2.45, 2.75) is 44.2 Å². The Kier molecular flexibility index (Phi) is 7.00. The summed E-state index contributed by atoms with van der Waals surface area (Å²) in [5.74, 6) is 0.188. The lowest BCUT2D eigenvalue weighted by Crippen LogP contribution is -2.47. The number of likely N-dealkylation sites (N-methyl/N-ethyl adjacent to an activating group) is 1. The molecular weight excluding hydrogens is 328 g/mol. The van der Waals surface area contributed by atoms with Crippen molar-refractivity contribution in [3.05, 3.63) is 30.1 Å². The largest absolute Gasteiger partial charge is 0.390 e. The molecule has 1 atom stereocenters. The highest BCUT2D eigenvalue weighted by molar-refractivity contribution is 5.78. The summed E-state index contributed by atoms with van der Waals surface area (Å²) >= 11 is 0.